The number of amides is 1. The molecule has 1 saturated heterocycles. The van der Waals surface area contributed by atoms with Gasteiger partial charge >= 0.3 is 24.1 Å². The molecule has 3 aliphatic carbocycles. The van der Waals surface area contributed by atoms with E-state index in [4.69, 9.17) is 37.3 Å². The number of fused-ring (bicyclic) bond motifs is 5. The third-order valence-electron chi connectivity index (χ3n) is 18.1. The summed E-state index contributed by atoms with van der Waals surface area (Å²) in [7, 11) is -4.49. The van der Waals surface area contributed by atoms with Crippen LogP contribution in [0.4, 0.5) is 4.79 Å². The fraction of sp³-hybridized carbons (Fsp3) is 0.559. The minimum atomic E-state index is -2.95. The molecule has 3 fully saturated rings. The van der Waals surface area contributed by atoms with Crippen LogP contribution in [0.2, 0.25) is 36.3 Å². The Bertz CT molecular complexity index is 2700. The zero-order chi connectivity index (χ0) is 56.7. The van der Waals surface area contributed by atoms with Crippen molar-refractivity contribution in [1.82, 2.24) is 5.32 Å². The highest BCUT2D eigenvalue weighted by Gasteiger charge is 2.79. The number of hydrogen-bond donors (Lipinski definition) is 2. The third-order valence-corrected chi connectivity index (χ3v) is 27.2. The van der Waals surface area contributed by atoms with Gasteiger partial charge in [0.2, 0.25) is 0 Å². The van der Waals surface area contributed by atoms with E-state index < -0.39 is 134 Å². The van der Waals surface area contributed by atoms with E-state index in [0.717, 1.165) is 7.11 Å². The van der Waals surface area contributed by atoms with Gasteiger partial charge in [-0.05, 0) is 91.1 Å². The smallest absolute Gasteiger partial charge is 0.456 e. The fourth-order valence-corrected chi connectivity index (χ4v) is 16.3. The molecule has 7 rings (SSSR count). The third kappa shape index (κ3) is 10.7. The molecule has 3 aromatic carbocycles. The molecule has 1 heterocycles. The summed E-state index contributed by atoms with van der Waals surface area (Å²) in [6.07, 6.45) is -10.00. The number of ketones is 1. The molecule has 2 bridgehead atoms. The van der Waals surface area contributed by atoms with Gasteiger partial charge in [-0.15, -0.1) is 0 Å². The number of Topliss-reactive ketones (excluding diaryl/α,β-unsaturated/α-hetero) is 1. The molecule has 418 valence electrons. The molecule has 0 radical (unpaired) electrons. The number of benzene rings is 3. The molecule has 4 aliphatic rings. The first-order valence-electron chi connectivity index (χ1n) is 26.9. The molecule has 0 aromatic heterocycles. The average Bonchev–Trinajstić information content (AvgIpc) is 3.59. The van der Waals surface area contributed by atoms with Crippen molar-refractivity contribution in [2.75, 3.05) is 13.7 Å². The molecule has 2 saturated carbocycles. The highest BCUT2D eigenvalue weighted by molar-refractivity contribution is 6.74. The topological polar surface area (TPSA) is 209 Å². The van der Waals surface area contributed by atoms with Gasteiger partial charge in [0.25, 0.3) is 5.91 Å². The van der Waals surface area contributed by atoms with E-state index in [1.165, 1.54) is 6.92 Å². The van der Waals surface area contributed by atoms with Gasteiger partial charge in [0, 0.05) is 30.7 Å². The molecule has 2 N–H and O–H groups in total. The van der Waals surface area contributed by atoms with Crippen LogP contribution in [0.15, 0.2) is 102 Å². The SMILES string of the molecule is CC[Si](CC)(CC)O[C@H]1C[C@H]2OC[C@@]2(OC(=O)OC)[C@H]2[C@H](OC(=O)c3ccccc3)[C@]3(O)C[C@H](OC(=O)[C@H](O[Si](C)(C)C(C)(C)C)[C@@H](NC(=O)c4ccccc4)c4ccccc4)C(C)=C([C@@H](OC(C)=O)C(=O)[C@]12C)C3(C)C. The predicted octanol–water partition coefficient (Wildman–Crippen LogP) is 10.0. The van der Waals surface area contributed by atoms with E-state index in [9.17, 15) is 24.3 Å². The number of nitrogens with one attached hydrogen (secondary N) is 1. The molecule has 0 spiro atoms. The Kier molecular flexibility index (Phi) is 17.2. The van der Waals surface area contributed by atoms with E-state index in [0.29, 0.717) is 29.3 Å². The van der Waals surface area contributed by atoms with Gasteiger partial charge in [-0.3, -0.25) is 14.4 Å². The Balaban J connectivity index is 1.50. The monoisotopic (exact) mass is 1100 g/mol. The maximum absolute atomic E-state index is 16.6. The second-order valence-corrected chi connectivity index (χ2v) is 33.0. The van der Waals surface area contributed by atoms with Crippen molar-refractivity contribution in [3.63, 3.8) is 0 Å². The van der Waals surface area contributed by atoms with Crippen LogP contribution < -0.4 is 5.32 Å². The lowest BCUT2D eigenvalue weighted by Crippen LogP contribution is -2.82. The van der Waals surface area contributed by atoms with Crippen LogP contribution >= 0.6 is 0 Å². The van der Waals surface area contributed by atoms with E-state index in [-0.39, 0.29) is 29.7 Å². The molecular weight excluding hydrogens is 1020 g/mol. The summed E-state index contributed by atoms with van der Waals surface area (Å²) in [5, 5.41) is 17.1. The van der Waals surface area contributed by atoms with Crippen LogP contribution in [0, 0.1) is 16.7 Å². The van der Waals surface area contributed by atoms with Crippen LogP contribution in [0.1, 0.15) is 121 Å². The van der Waals surface area contributed by atoms with Crippen LogP contribution in [0.25, 0.3) is 0 Å². The Labute approximate surface area is 455 Å². The Morgan fingerprint density at radius 2 is 1.39 bits per heavy atom. The van der Waals surface area contributed by atoms with Crippen molar-refractivity contribution in [1.29, 1.82) is 0 Å². The van der Waals surface area contributed by atoms with Crippen LogP contribution in [-0.2, 0) is 51.7 Å². The van der Waals surface area contributed by atoms with Crippen molar-refractivity contribution < 1.29 is 71.1 Å². The molecule has 3 aromatic rings. The molecule has 77 heavy (non-hydrogen) atoms. The number of rotatable bonds is 17. The lowest BCUT2D eigenvalue weighted by Gasteiger charge is -2.68. The normalized spacial score (nSPS) is 28.6. The number of carbonyl (C=O) groups is 6. The molecule has 1 aliphatic heterocycles. The number of methoxy groups -OCH3 is 1. The summed E-state index contributed by atoms with van der Waals surface area (Å²) >= 11 is 0. The Morgan fingerprint density at radius 1 is 0.831 bits per heavy atom. The van der Waals surface area contributed by atoms with E-state index in [1.54, 1.807) is 113 Å². The summed E-state index contributed by atoms with van der Waals surface area (Å²) in [6, 6.07) is 26.6. The van der Waals surface area contributed by atoms with Gasteiger partial charge in [-0.25, -0.2) is 14.4 Å². The predicted molar refractivity (Wildman–Crippen MR) is 292 cm³/mol. The van der Waals surface area contributed by atoms with E-state index in [1.807, 2.05) is 60.7 Å². The van der Waals surface area contributed by atoms with E-state index in [2.05, 4.69) is 5.32 Å². The molecule has 1 amide bonds. The van der Waals surface area contributed by atoms with Gasteiger partial charge in [-0.1, -0.05) is 122 Å². The second kappa shape index (κ2) is 22.3. The van der Waals surface area contributed by atoms with Crippen molar-refractivity contribution >= 4 is 52.4 Å². The summed E-state index contributed by atoms with van der Waals surface area (Å²) in [5.74, 6) is -5.25. The molecule has 18 heteroatoms. The minimum absolute atomic E-state index is 0.0374. The Hall–Kier alpha value is -5.51. The van der Waals surface area contributed by atoms with Gasteiger partial charge in [0.15, 0.2) is 40.2 Å². The number of hydrogen-bond acceptors (Lipinski definition) is 15. The van der Waals surface area contributed by atoms with Gasteiger partial charge < -0.3 is 47.7 Å². The summed E-state index contributed by atoms with van der Waals surface area (Å²) in [6.45, 7) is 23.7. The highest BCUT2D eigenvalue weighted by Crippen LogP contribution is 2.65. The zero-order valence-corrected chi connectivity index (χ0v) is 49.2. The maximum Gasteiger partial charge on any atom is 0.508 e. The largest absolute Gasteiger partial charge is 0.508 e. The zero-order valence-electron chi connectivity index (χ0n) is 47.2. The number of aliphatic hydroxyl groups is 1. The summed E-state index contributed by atoms with van der Waals surface area (Å²) in [5.41, 5.74) is -6.34. The standard InChI is InChI=1S/C59H79NO15Si2/c1-15-77(16-2,17-3)74-42-33-43-58(35-69-43,73-54(66)68-12)48-50(72-52(64)40-31-25-20-26-32-40)59(67)34-41(36(4)44(56(59,9)10)46(70-37(5)61)49(62)57(42,48)11)71-53(65)47(75-76(13,14)55(6,7)8)45(38-27-21-18-22-28-38)60-51(63)39-29-23-19-24-30-39/h18-32,41-43,45-48,50,67H,15-17,33-35H2,1-14H3,(H,60,63)/t41-,42-,43+,45-,46+,47+,48-,50-,57+,58-,59+/m0/s1. The summed E-state index contributed by atoms with van der Waals surface area (Å²) < 4.78 is 52.1. The first-order valence-corrected chi connectivity index (χ1v) is 32.3. The van der Waals surface area contributed by atoms with Crippen LogP contribution in [-0.4, -0.2) is 119 Å². The summed E-state index contributed by atoms with van der Waals surface area (Å²) in [4.78, 5) is 88.9. The molecule has 11 atom stereocenters. The van der Waals surface area contributed by atoms with Crippen LogP contribution in [0.3, 0.4) is 0 Å². The molecule has 0 unspecified atom stereocenters. The van der Waals surface area contributed by atoms with Crippen molar-refractivity contribution in [3.05, 3.63) is 119 Å². The number of ether oxygens (including phenoxy) is 6. The molecule has 16 nitrogen and oxygen atoms in total. The molecular formula is C59H79NO15Si2. The van der Waals surface area contributed by atoms with Gasteiger partial charge in [-0.2, -0.15) is 0 Å². The second-order valence-electron chi connectivity index (χ2n) is 23.5. The van der Waals surface area contributed by atoms with Crippen molar-refractivity contribution in [2.45, 2.75) is 179 Å². The average molecular weight is 1100 g/mol. The van der Waals surface area contributed by atoms with Crippen molar-refractivity contribution in [2.24, 2.45) is 16.7 Å². The quantitative estimate of drug-likeness (QED) is 0.0558. The van der Waals surface area contributed by atoms with Crippen molar-refractivity contribution in [3.8, 4) is 0 Å². The first-order chi connectivity index (χ1) is 36.1. The van der Waals surface area contributed by atoms with Gasteiger partial charge in [0.1, 0.15) is 23.9 Å². The highest BCUT2D eigenvalue weighted by atomic mass is 28.4. The van der Waals surface area contributed by atoms with Crippen LogP contribution in [0.5, 0.6) is 0 Å². The first kappa shape index (κ1) is 59.2. The fourth-order valence-electron chi connectivity index (χ4n) is 12.2. The lowest BCUT2D eigenvalue weighted by atomic mass is 9.44. The van der Waals surface area contributed by atoms with E-state index >= 15 is 9.59 Å². The number of carbonyl (C=O) groups excluding carboxylic acids is 6. The minimum Gasteiger partial charge on any atom is -0.456 e. The number of esters is 3. The van der Waals surface area contributed by atoms with Gasteiger partial charge in [0.05, 0.1) is 42.8 Å². The lowest BCUT2D eigenvalue weighted by molar-refractivity contribution is -0.343. The Morgan fingerprint density at radius 3 is 1.90 bits per heavy atom. The maximum atomic E-state index is 16.6.